The fourth-order valence-electron chi connectivity index (χ4n) is 5.64. The Morgan fingerprint density at radius 3 is 1.95 bits per heavy atom. The van der Waals surface area contributed by atoms with E-state index in [2.05, 4.69) is 33.0 Å². The first-order valence-corrected chi connectivity index (χ1v) is 8.55. The van der Waals surface area contributed by atoms with Crippen LogP contribution in [-0.2, 0) is 4.79 Å². The summed E-state index contributed by atoms with van der Waals surface area (Å²) in [6.07, 6.45) is 9.18. The van der Waals surface area contributed by atoms with Gasteiger partial charge in [-0.1, -0.05) is 20.8 Å². The SMILES string of the molecule is CC(NC(=O)CC(C)(C)C)C12CC3CC(CC(C3)C1)C2. The van der Waals surface area contributed by atoms with Crippen LogP contribution < -0.4 is 5.32 Å². The molecule has 0 spiro atoms. The van der Waals surface area contributed by atoms with Crippen molar-refractivity contribution in [1.82, 2.24) is 5.32 Å². The van der Waals surface area contributed by atoms with Crippen LogP contribution in [0.1, 0.15) is 72.6 Å². The van der Waals surface area contributed by atoms with Gasteiger partial charge in [-0.05, 0) is 74.0 Å². The summed E-state index contributed by atoms with van der Waals surface area (Å²) in [6, 6.07) is 0.366. The number of carbonyl (C=O) groups is 1. The number of carbonyl (C=O) groups excluding carboxylic acids is 1. The Kier molecular flexibility index (Phi) is 3.42. The van der Waals surface area contributed by atoms with Gasteiger partial charge in [-0.3, -0.25) is 4.79 Å². The third-order valence-corrected chi connectivity index (χ3v) is 6.07. The zero-order valence-corrected chi connectivity index (χ0v) is 13.7. The molecule has 4 aliphatic rings. The van der Waals surface area contributed by atoms with E-state index in [-0.39, 0.29) is 11.3 Å². The van der Waals surface area contributed by atoms with Crippen LogP contribution in [0.3, 0.4) is 0 Å². The molecule has 2 heteroatoms. The zero-order chi connectivity index (χ0) is 14.5. The molecule has 20 heavy (non-hydrogen) atoms. The molecule has 0 heterocycles. The minimum absolute atomic E-state index is 0.0886. The Balaban J connectivity index is 1.65. The summed E-state index contributed by atoms with van der Waals surface area (Å²) in [5.41, 5.74) is 0.521. The summed E-state index contributed by atoms with van der Waals surface area (Å²) in [7, 11) is 0. The Bertz CT molecular complexity index is 357. The molecule has 2 nitrogen and oxygen atoms in total. The van der Waals surface area contributed by atoms with Crippen LogP contribution in [0.25, 0.3) is 0 Å². The second-order valence-corrected chi connectivity index (χ2v) is 9.31. The van der Waals surface area contributed by atoms with E-state index < -0.39 is 0 Å². The molecule has 4 saturated carbocycles. The van der Waals surface area contributed by atoms with Crippen molar-refractivity contribution in [2.45, 2.75) is 78.7 Å². The maximum absolute atomic E-state index is 12.3. The molecular formula is C18H31NO. The highest BCUT2D eigenvalue weighted by Gasteiger charge is 2.53. The van der Waals surface area contributed by atoms with E-state index in [9.17, 15) is 4.79 Å². The quantitative estimate of drug-likeness (QED) is 0.825. The second-order valence-electron chi connectivity index (χ2n) is 9.31. The minimum atomic E-state index is 0.0886. The molecule has 1 N–H and O–H groups in total. The van der Waals surface area contributed by atoms with Gasteiger partial charge < -0.3 is 5.32 Å². The predicted molar refractivity (Wildman–Crippen MR) is 82.3 cm³/mol. The van der Waals surface area contributed by atoms with Crippen molar-refractivity contribution >= 4 is 5.91 Å². The first kappa shape index (κ1) is 14.4. The maximum atomic E-state index is 12.3. The van der Waals surface area contributed by atoms with E-state index >= 15 is 0 Å². The smallest absolute Gasteiger partial charge is 0.220 e. The average molecular weight is 277 g/mol. The van der Waals surface area contributed by atoms with Gasteiger partial charge >= 0.3 is 0 Å². The number of hydrogen-bond acceptors (Lipinski definition) is 1. The summed E-state index contributed by atoms with van der Waals surface area (Å²) in [6.45, 7) is 8.69. The standard InChI is InChI=1S/C18H31NO/c1-12(19-16(20)11-17(2,3)4)18-8-13-5-14(9-18)7-15(6-13)10-18/h12-15H,5-11H2,1-4H3,(H,19,20). The van der Waals surface area contributed by atoms with Gasteiger partial charge in [0.15, 0.2) is 0 Å². The Morgan fingerprint density at radius 2 is 1.55 bits per heavy atom. The first-order chi connectivity index (χ1) is 9.26. The highest BCUT2D eigenvalue weighted by Crippen LogP contribution is 2.61. The fraction of sp³-hybridized carbons (Fsp3) is 0.944. The molecule has 4 aliphatic carbocycles. The van der Waals surface area contributed by atoms with Crippen molar-refractivity contribution in [2.24, 2.45) is 28.6 Å². The molecular weight excluding hydrogens is 246 g/mol. The van der Waals surface area contributed by atoms with E-state index in [1.165, 1.54) is 38.5 Å². The lowest BCUT2D eigenvalue weighted by Gasteiger charge is -2.59. The topological polar surface area (TPSA) is 29.1 Å². The van der Waals surface area contributed by atoms with E-state index in [0.29, 0.717) is 17.9 Å². The molecule has 114 valence electrons. The van der Waals surface area contributed by atoms with Gasteiger partial charge in [-0.25, -0.2) is 0 Å². The van der Waals surface area contributed by atoms with Crippen molar-refractivity contribution in [3.63, 3.8) is 0 Å². The van der Waals surface area contributed by atoms with Crippen LogP contribution in [0.5, 0.6) is 0 Å². The van der Waals surface area contributed by atoms with Gasteiger partial charge in [-0.2, -0.15) is 0 Å². The number of nitrogens with one attached hydrogen (secondary N) is 1. The molecule has 1 amide bonds. The largest absolute Gasteiger partial charge is 0.353 e. The summed E-state index contributed by atoms with van der Waals surface area (Å²) in [5, 5.41) is 3.35. The van der Waals surface area contributed by atoms with E-state index in [0.717, 1.165) is 17.8 Å². The van der Waals surface area contributed by atoms with Crippen LogP contribution in [-0.4, -0.2) is 11.9 Å². The van der Waals surface area contributed by atoms with Crippen molar-refractivity contribution < 1.29 is 4.79 Å². The van der Waals surface area contributed by atoms with Gasteiger partial charge in [-0.15, -0.1) is 0 Å². The molecule has 0 aromatic heterocycles. The van der Waals surface area contributed by atoms with E-state index in [1.54, 1.807) is 0 Å². The first-order valence-electron chi connectivity index (χ1n) is 8.55. The van der Waals surface area contributed by atoms with Gasteiger partial charge in [0.25, 0.3) is 0 Å². The summed E-state index contributed by atoms with van der Waals surface area (Å²) >= 11 is 0. The molecule has 4 bridgehead atoms. The molecule has 0 radical (unpaired) electrons. The molecule has 0 saturated heterocycles. The highest BCUT2D eigenvalue weighted by molar-refractivity contribution is 5.76. The lowest BCUT2D eigenvalue weighted by Crippen LogP contribution is -2.56. The van der Waals surface area contributed by atoms with Crippen molar-refractivity contribution in [3.8, 4) is 0 Å². The van der Waals surface area contributed by atoms with Crippen LogP contribution in [0.15, 0.2) is 0 Å². The normalized spacial score (nSPS) is 40.7. The van der Waals surface area contributed by atoms with Crippen molar-refractivity contribution in [1.29, 1.82) is 0 Å². The number of amides is 1. The summed E-state index contributed by atoms with van der Waals surface area (Å²) < 4.78 is 0. The summed E-state index contributed by atoms with van der Waals surface area (Å²) in [4.78, 5) is 12.3. The lowest BCUT2D eigenvalue weighted by atomic mass is 9.48. The molecule has 4 fully saturated rings. The van der Waals surface area contributed by atoms with Crippen molar-refractivity contribution in [3.05, 3.63) is 0 Å². The van der Waals surface area contributed by atoms with Gasteiger partial charge in [0, 0.05) is 12.5 Å². The van der Waals surface area contributed by atoms with Gasteiger partial charge in [0.1, 0.15) is 0 Å². The maximum Gasteiger partial charge on any atom is 0.220 e. The van der Waals surface area contributed by atoms with E-state index in [4.69, 9.17) is 0 Å². The van der Waals surface area contributed by atoms with Crippen LogP contribution in [0.4, 0.5) is 0 Å². The third kappa shape index (κ3) is 2.76. The molecule has 1 atom stereocenters. The molecule has 1 unspecified atom stereocenters. The average Bonchev–Trinajstić information content (AvgIpc) is 2.23. The van der Waals surface area contributed by atoms with Crippen molar-refractivity contribution in [2.75, 3.05) is 0 Å². The van der Waals surface area contributed by atoms with E-state index in [1.807, 2.05) is 0 Å². The Labute approximate surface area is 124 Å². The molecule has 0 aromatic carbocycles. The lowest BCUT2D eigenvalue weighted by molar-refractivity contribution is -0.127. The van der Waals surface area contributed by atoms with Crippen LogP contribution in [0.2, 0.25) is 0 Å². The van der Waals surface area contributed by atoms with Crippen LogP contribution in [0, 0.1) is 28.6 Å². The number of hydrogen-bond donors (Lipinski definition) is 1. The monoisotopic (exact) mass is 277 g/mol. The van der Waals surface area contributed by atoms with Gasteiger partial charge in [0.05, 0.1) is 0 Å². The highest BCUT2D eigenvalue weighted by atomic mass is 16.1. The molecule has 0 aliphatic heterocycles. The zero-order valence-electron chi connectivity index (χ0n) is 13.7. The molecule has 4 rings (SSSR count). The predicted octanol–water partition coefficient (Wildman–Crippen LogP) is 4.14. The Morgan fingerprint density at radius 1 is 1.10 bits per heavy atom. The molecule has 0 aromatic rings. The fourth-order valence-corrected chi connectivity index (χ4v) is 5.64. The second kappa shape index (κ2) is 4.74. The summed E-state index contributed by atoms with van der Waals surface area (Å²) in [5.74, 6) is 3.13. The van der Waals surface area contributed by atoms with Crippen LogP contribution >= 0.6 is 0 Å². The third-order valence-electron chi connectivity index (χ3n) is 6.07. The number of rotatable bonds is 3. The minimum Gasteiger partial charge on any atom is -0.353 e. The Hall–Kier alpha value is -0.530. The van der Waals surface area contributed by atoms with Gasteiger partial charge in [0.2, 0.25) is 5.91 Å².